The predicted octanol–water partition coefficient (Wildman–Crippen LogP) is 5.04. The molecular weight excluding hydrogens is 479 g/mol. The zero-order valence-corrected chi connectivity index (χ0v) is 18.1. The van der Waals surface area contributed by atoms with Crippen molar-refractivity contribution >= 4 is 87.1 Å². The Morgan fingerprint density at radius 3 is 1.78 bits per heavy atom. The number of carbonyl (C=O) groups excluding carboxylic acids is 2. The molecule has 0 aromatic heterocycles. The first kappa shape index (κ1) is 19.9. The van der Waals surface area contributed by atoms with Crippen molar-refractivity contribution in [3.05, 3.63) is 34.3 Å². The van der Waals surface area contributed by atoms with Gasteiger partial charge in [-0.15, -0.1) is 23.2 Å². The van der Waals surface area contributed by atoms with Crippen LogP contribution < -0.4 is 9.64 Å². The second-order valence-corrected chi connectivity index (χ2v) is 9.80. The standard InChI is InChI=1S/C17H11Cl6NO3/c1-2-27-8-5-3-7(4-6-8)24-13(25)9-10(14(24)26)16(21)12(19)11(18)15(9,20)17(16,22)23/h3-6,9-10H,2H2,1H3/t9-,10+,15-,16-/m1/s1. The van der Waals surface area contributed by atoms with E-state index in [1.165, 1.54) is 0 Å². The summed E-state index contributed by atoms with van der Waals surface area (Å²) < 4.78 is 3.45. The van der Waals surface area contributed by atoms with E-state index in [0.717, 1.165) is 4.90 Å². The molecule has 4 rings (SSSR count). The van der Waals surface area contributed by atoms with E-state index in [2.05, 4.69) is 0 Å². The topological polar surface area (TPSA) is 46.6 Å². The van der Waals surface area contributed by atoms with Crippen LogP contribution in [0.2, 0.25) is 0 Å². The van der Waals surface area contributed by atoms with Crippen molar-refractivity contribution in [2.75, 3.05) is 11.5 Å². The number of carbonyl (C=O) groups is 2. The molecule has 1 saturated heterocycles. The number of alkyl halides is 4. The Balaban J connectivity index is 1.81. The molecule has 2 bridgehead atoms. The third kappa shape index (κ3) is 2.10. The van der Waals surface area contributed by atoms with Crippen molar-refractivity contribution in [3.8, 4) is 5.75 Å². The maximum atomic E-state index is 13.2. The summed E-state index contributed by atoms with van der Waals surface area (Å²) in [6.07, 6.45) is 0. The Hall–Kier alpha value is -0.360. The van der Waals surface area contributed by atoms with Gasteiger partial charge < -0.3 is 4.74 Å². The van der Waals surface area contributed by atoms with Crippen LogP contribution in [-0.2, 0) is 9.59 Å². The number of nitrogens with zero attached hydrogens (tertiary/aromatic N) is 1. The van der Waals surface area contributed by atoms with Crippen LogP contribution in [0.15, 0.2) is 34.3 Å². The van der Waals surface area contributed by atoms with Crippen LogP contribution in [0, 0.1) is 11.8 Å². The number of imide groups is 1. The number of anilines is 1. The fourth-order valence-corrected chi connectivity index (χ4v) is 7.04. The number of allylic oxidation sites excluding steroid dienone is 2. The van der Waals surface area contributed by atoms with Crippen LogP contribution in [0.25, 0.3) is 0 Å². The van der Waals surface area contributed by atoms with Gasteiger partial charge in [-0.25, -0.2) is 4.90 Å². The Morgan fingerprint density at radius 1 is 0.926 bits per heavy atom. The molecule has 1 aliphatic heterocycles. The lowest BCUT2D eigenvalue weighted by atomic mass is 9.84. The molecule has 27 heavy (non-hydrogen) atoms. The largest absolute Gasteiger partial charge is 0.494 e. The molecule has 1 aromatic carbocycles. The van der Waals surface area contributed by atoms with Gasteiger partial charge in [0.15, 0.2) is 4.33 Å². The zero-order valence-electron chi connectivity index (χ0n) is 13.6. The van der Waals surface area contributed by atoms with Crippen LogP contribution in [0.1, 0.15) is 6.92 Å². The van der Waals surface area contributed by atoms with Gasteiger partial charge in [0, 0.05) is 0 Å². The van der Waals surface area contributed by atoms with E-state index in [4.69, 9.17) is 74.3 Å². The Labute approximate surface area is 185 Å². The fourth-order valence-electron chi connectivity index (χ4n) is 4.11. The van der Waals surface area contributed by atoms with E-state index < -0.39 is 37.7 Å². The van der Waals surface area contributed by atoms with E-state index in [1.807, 2.05) is 6.92 Å². The Morgan fingerprint density at radius 2 is 1.37 bits per heavy atom. The highest BCUT2D eigenvalue weighted by Gasteiger charge is 2.87. The van der Waals surface area contributed by atoms with E-state index in [9.17, 15) is 9.59 Å². The van der Waals surface area contributed by atoms with E-state index in [-0.39, 0.29) is 10.1 Å². The van der Waals surface area contributed by atoms with Gasteiger partial charge in [-0.1, -0.05) is 46.4 Å². The van der Waals surface area contributed by atoms with E-state index in [1.54, 1.807) is 24.3 Å². The number of rotatable bonds is 3. The molecule has 1 saturated carbocycles. The Kier molecular flexibility index (Phi) is 4.48. The molecule has 4 nitrogen and oxygen atoms in total. The minimum Gasteiger partial charge on any atom is -0.494 e. The van der Waals surface area contributed by atoms with Crippen LogP contribution in [-0.4, -0.2) is 32.5 Å². The fraction of sp³-hybridized carbons (Fsp3) is 0.412. The summed E-state index contributed by atoms with van der Waals surface area (Å²) in [4.78, 5) is 23.8. The minimum atomic E-state index is -1.93. The highest BCUT2D eigenvalue weighted by Crippen LogP contribution is 2.77. The van der Waals surface area contributed by atoms with Gasteiger partial charge >= 0.3 is 0 Å². The first-order valence-corrected chi connectivity index (χ1v) is 10.2. The number of hydrogen-bond acceptors (Lipinski definition) is 3. The van der Waals surface area contributed by atoms with Gasteiger partial charge in [0.2, 0.25) is 11.8 Å². The molecule has 1 heterocycles. The zero-order chi connectivity index (χ0) is 19.9. The number of amides is 2. The molecule has 0 unspecified atom stereocenters. The van der Waals surface area contributed by atoms with Gasteiger partial charge in [-0.05, 0) is 31.2 Å². The van der Waals surface area contributed by atoms with Crippen LogP contribution in [0.5, 0.6) is 5.75 Å². The first-order chi connectivity index (χ1) is 12.5. The van der Waals surface area contributed by atoms with Gasteiger partial charge in [-0.2, -0.15) is 0 Å². The minimum absolute atomic E-state index is 0.109. The maximum absolute atomic E-state index is 13.2. The predicted molar refractivity (Wildman–Crippen MR) is 107 cm³/mol. The summed E-state index contributed by atoms with van der Waals surface area (Å²) >= 11 is 38.7. The number of halogens is 6. The van der Waals surface area contributed by atoms with Crippen molar-refractivity contribution < 1.29 is 14.3 Å². The van der Waals surface area contributed by atoms with Crippen LogP contribution in [0.3, 0.4) is 0 Å². The third-order valence-corrected chi connectivity index (χ3v) is 9.57. The highest BCUT2D eigenvalue weighted by molar-refractivity contribution is 6.67. The van der Waals surface area contributed by atoms with Gasteiger partial charge in [0.25, 0.3) is 0 Å². The van der Waals surface area contributed by atoms with Crippen molar-refractivity contribution in [2.45, 2.75) is 21.0 Å². The lowest BCUT2D eigenvalue weighted by molar-refractivity contribution is -0.123. The molecule has 10 heteroatoms. The summed E-state index contributed by atoms with van der Waals surface area (Å²) in [5.41, 5.74) is 0.352. The van der Waals surface area contributed by atoms with E-state index >= 15 is 0 Å². The number of fused-ring (bicyclic) bond motifs is 5. The molecule has 3 aliphatic rings. The summed E-state index contributed by atoms with van der Waals surface area (Å²) in [6.45, 7) is 2.34. The van der Waals surface area contributed by atoms with Crippen LogP contribution in [0.4, 0.5) is 5.69 Å². The average molecular weight is 490 g/mol. The van der Waals surface area contributed by atoms with Crippen molar-refractivity contribution in [3.63, 3.8) is 0 Å². The normalized spacial score (nSPS) is 36.6. The molecule has 0 N–H and O–H groups in total. The van der Waals surface area contributed by atoms with Gasteiger partial charge in [0.05, 0.1) is 34.2 Å². The first-order valence-electron chi connectivity index (χ1n) is 7.97. The van der Waals surface area contributed by atoms with E-state index in [0.29, 0.717) is 18.0 Å². The maximum Gasteiger partial charge on any atom is 0.240 e. The Bertz CT molecular complexity index is 854. The molecule has 1 aromatic rings. The molecule has 144 valence electrons. The third-order valence-electron chi connectivity index (χ3n) is 5.31. The average Bonchev–Trinajstić information content (AvgIpc) is 3.01. The summed E-state index contributed by atoms with van der Waals surface area (Å²) in [6, 6.07) is 6.49. The summed E-state index contributed by atoms with van der Waals surface area (Å²) in [5.74, 6) is -2.84. The SMILES string of the molecule is CCOc1ccc(N2C(=O)[C@@H]3[C@H](C2=O)[C@@]2(Cl)C(Cl)=C(Cl)[C@@]3(Cl)C2(Cl)Cl)cc1. The monoisotopic (exact) mass is 487 g/mol. The quantitative estimate of drug-likeness (QED) is 0.441. The lowest BCUT2D eigenvalue weighted by Gasteiger charge is -2.34. The van der Waals surface area contributed by atoms with Gasteiger partial charge in [0.1, 0.15) is 15.5 Å². The molecule has 4 atom stereocenters. The second-order valence-electron chi connectivity index (χ2n) is 6.52. The number of ether oxygens (including phenoxy) is 1. The molecular formula is C17H11Cl6NO3. The lowest BCUT2D eigenvalue weighted by Crippen LogP contribution is -2.50. The molecule has 2 aliphatic carbocycles. The summed E-state index contributed by atoms with van der Waals surface area (Å²) in [5, 5.41) is -0.219. The highest BCUT2D eigenvalue weighted by atomic mass is 35.5. The summed E-state index contributed by atoms with van der Waals surface area (Å²) in [7, 11) is 0. The van der Waals surface area contributed by atoms with Crippen molar-refractivity contribution in [1.29, 1.82) is 0 Å². The second kappa shape index (κ2) is 6.07. The van der Waals surface area contributed by atoms with Crippen molar-refractivity contribution in [1.82, 2.24) is 0 Å². The van der Waals surface area contributed by atoms with Crippen molar-refractivity contribution in [2.24, 2.45) is 11.8 Å². The number of benzene rings is 1. The smallest absolute Gasteiger partial charge is 0.240 e. The molecule has 2 fully saturated rings. The van der Waals surface area contributed by atoms with Gasteiger partial charge in [-0.3, -0.25) is 9.59 Å². The number of hydrogen-bond donors (Lipinski definition) is 0. The molecule has 2 amide bonds. The molecule has 0 spiro atoms. The molecule has 0 radical (unpaired) electrons. The van der Waals surface area contributed by atoms with Crippen LogP contribution >= 0.6 is 69.6 Å².